The van der Waals surface area contributed by atoms with E-state index in [0.717, 1.165) is 19.3 Å². The SMILES string of the molecule is CC(C)(C)OC(=O)CCCCCNC(=O)c1ccc(N)cc1. The van der Waals surface area contributed by atoms with E-state index in [0.29, 0.717) is 24.2 Å². The van der Waals surface area contributed by atoms with Crippen molar-refractivity contribution in [3.05, 3.63) is 29.8 Å². The Hall–Kier alpha value is -2.04. The van der Waals surface area contributed by atoms with Crippen molar-refractivity contribution < 1.29 is 14.3 Å². The van der Waals surface area contributed by atoms with E-state index in [4.69, 9.17) is 10.5 Å². The zero-order valence-electron chi connectivity index (χ0n) is 13.6. The number of amides is 1. The lowest BCUT2D eigenvalue weighted by Crippen LogP contribution is -2.24. The molecule has 0 saturated carbocycles. The summed E-state index contributed by atoms with van der Waals surface area (Å²) < 4.78 is 5.23. The van der Waals surface area contributed by atoms with E-state index >= 15 is 0 Å². The van der Waals surface area contributed by atoms with Crippen molar-refractivity contribution in [1.82, 2.24) is 5.32 Å². The molecule has 1 aromatic carbocycles. The summed E-state index contributed by atoms with van der Waals surface area (Å²) in [7, 11) is 0. The maximum Gasteiger partial charge on any atom is 0.306 e. The van der Waals surface area contributed by atoms with Gasteiger partial charge in [-0.3, -0.25) is 9.59 Å². The third-order valence-corrected chi connectivity index (χ3v) is 2.94. The molecule has 0 heterocycles. The molecule has 0 aliphatic heterocycles. The predicted octanol–water partition coefficient (Wildman–Crippen LogP) is 2.90. The number of hydrogen-bond donors (Lipinski definition) is 2. The Balaban J connectivity index is 2.12. The van der Waals surface area contributed by atoms with Crippen molar-refractivity contribution in [2.45, 2.75) is 52.1 Å². The summed E-state index contributed by atoms with van der Waals surface area (Å²) in [6.45, 7) is 6.17. The van der Waals surface area contributed by atoms with Crippen LogP contribution in [0.3, 0.4) is 0 Å². The van der Waals surface area contributed by atoms with Gasteiger partial charge in [0, 0.05) is 24.2 Å². The number of esters is 1. The van der Waals surface area contributed by atoms with Crippen LogP contribution < -0.4 is 11.1 Å². The molecule has 122 valence electrons. The Morgan fingerprint density at radius 1 is 1.09 bits per heavy atom. The standard InChI is InChI=1S/C17H26N2O3/c1-17(2,3)22-15(20)7-5-4-6-12-19-16(21)13-8-10-14(18)11-9-13/h8-11H,4-7,12,18H2,1-3H3,(H,19,21). The fourth-order valence-electron chi connectivity index (χ4n) is 1.90. The summed E-state index contributed by atoms with van der Waals surface area (Å²) in [4.78, 5) is 23.3. The molecule has 0 bridgehead atoms. The zero-order chi connectivity index (χ0) is 16.6. The summed E-state index contributed by atoms with van der Waals surface area (Å²) in [6.07, 6.45) is 2.90. The second-order valence-electron chi connectivity index (χ2n) is 6.28. The number of benzene rings is 1. The van der Waals surface area contributed by atoms with Gasteiger partial charge in [0.2, 0.25) is 0 Å². The van der Waals surface area contributed by atoms with Crippen LogP contribution in [-0.2, 0) is 9.53 Å². The summed E-state index contributed by atoms with van der Waals surface area (Å²) in [5.41, 5.74) is 6.39. The van der Waals surface area contributed by atoms with E-state index in [1.807, 2.05) is 20.8 Å². The van der Waals surface area contributed by atoms with Crippen molar-refractivity contribution in [1.29, 1.82) is 0 Å². The van der Waals surface area contributed by atoms with Crippen molar-refractivity contribution in [3.8, 4) is 0 Å². The van der Waals surface area contributed by atoms with Crippen molar-refractivity contribution >= 4 is 17.6 Å². The van der Waals surface area contributed by atoms with E-state index in [1.54, 1.807) is 24.3 Å². The van der Waals surface area contributed by atoms with Gasteiger partial charge in [0.1, 0.15) is 5.60 Å². The maximum atomic E-state index is 11.8. The fourth-order valence-corrected chi connectivity index (χ4v) is 1.90. The molecule has 0 spiro atoms. The summed E-state index contributed by atoms with van der Waals surface area (Å²) in [5.74, 6) is -0.273. The summed E-state index contributed by atoms with van der Waals surface area (Å²) in [6, 6.07) is 6.81. The molecular formula is C17H26N2O3. The fraction of sp³-hybridized carbons (Fsp3) is 0.529. The van der Waals surface area contributed by atoms with Crippen molar-refractivity contribution in [2.75, 3.05) is 12.3 Å². The zero-order valence-corrected chi connectivity index (χ0v) is 13.6. The van der Waals surface area contributed by atoms with Crippen molar-refractivity contribution in [3.63, 3.8) is 0 Å². The third-order valence-electron chi connectivity index (χ3n) is 2.94. The molecule has 0 fully saturated rings. The highest BCUT2D eigenvalue weighted by Crippen LogP contribution is 2.10. The van der Waals surface area contributed by atoms with Crippen LogP contribution in [0.1, 0.15) is 56.8 Å². The van der Waals surface area contributed by atoms with Gasteiger partial charge < -0.3 is 15.8 Å². The molecule has 5 heteroatoms. The van der Waals surface area contributed by atoms with Gasteiger partial charge in [-0.1, -0.05) is 6.42 Å². The molecule has 0 aliphatic carbocycles. The number of nitrogens with two attached hydrogens (primary N) is 1. The van der Waals surface area contributed by atoms with Crippen LogP contribution in [-0.4, -0.2) is 24.0 Å². The van der Waals surface area contributed by atoms with Crippen LogP contribution in [0.2, 0.25) is 0 Å². The van der Waals surface area contributed by atoms with Crippen LogP contribution in [0.4, 0.5) is 5.69 Å². The second-order valence-corrected chi connectivity index (χ2v) is 6.28. The molecule has 3 N–H and O–H groups in total. The molecule has 0 atom stereocenters. The third kappa shape index (κ3) is 7.67. The molecule has 0 saturated heterocycles. The normalized spacial score (nSPS) is 11.0. The first-order valence-corrected chi connectivity index (χ1v) is 7.63. The lowest BCUT2D eigenvalue weighted by molar-refractivity contribution is -0.154. The average Bonchev–Trinajstić information content (AvgIpc) is 2.41. The Kier molecular flexibility index (Phi) is 6.89. The first kappa shape index (κ1) is 18.0. The van der Waals surface area contributed by atoms with Gasteiger partial charge in [0.05, 0.1) is 0 Å². The minimum absolute atomic E-state index is 0.104. The van der Waals surface area contributed by atoms with Gasteiger partial charge in [0.25, 0.3) is 5.91 Å². The van der Waals surface area contributed by atoms with E-state index in [9.17, 15) is 9.59 Å². The largest absolute Gasteiger partial charge is 0.460 e. The van der Waals surface area contributed by atoms with Gasteiger partial charge in [-0.2, -0.15) is 0 Å². The number of carbonyl (C=O) groups is 2. The van der Waals surface area contributed by atoms with Crippen LogP contribution in [0, 0.1) is 0 Å². The van der Waals surface area contributed by atoms with Crippen LogP contribution in [0.15, 0.2) is 24.3 Å². The topological polar surface area (TPSA) is 81.4 Å². The first-order valence-electron chi connectivity index (χ1n) is 7.63. The van der Waals surface area contributed by atoms with Gasteiger partial charge in [-0.15, -0.1) is 0 Å². The lowest BCUT2D eigenvalue weighted by atomic mass is 10.1. The Morgan fingerprint density at radius 2 is 1.73 bits per heavy atom. The van der Waals surface area contributed by atoms with Crippen molar-refractivity contribution in [2.24, 2.45) is 0 Å². The molecule has 1 aromatic rings. The average molecular weight is 306 g/mol. The number of rotatable bonds is 7. The minimum Gasteiger partial charge on any atom is -0.460 e. The molecule has 0 aromatic heterocycles. The van der Waals surface area contributed by atoms with E-state index in [1.165, 1.54) is 0 Å². The Bertz CT molecular complexity index is 490. The highest BCUT2D eigenvalue weighted by atomic mass is 16.6. The quantitative estimate of drug-likeness (QED) is 0.461. The predicted molar refractivity (Wildman–Crippen MR) is 87.5 cm³/mol. The summed E-state index contributed by atoms with van der Waals surface area (Å²) >= 11 is 0. The molecule has 5 nitrogen and oxygen atoms in total. The van der Waals surface area contributed by atoms with Gasteiger partial charge in [0.15, 0.2) is 0 Å². The molecule has 0 radical (unpaired) electrons. The first-order chi connectivity index (χ1) is 10.3. The van der Waals surface area contributed by atoms with E-state index in [-0.39, 0.29) is 11.9 Å². The molecule has 1 amide bonds. The number of anilines is 1. The summed E-state index contributed by atoms with van der Waals surface area (Å²) in [5, 5.41) is 2.85. The Morgan fingerprint density at radius 3 is 2.32 bits per heavy atom. The van der Waals surface area contributed by atoms with Crippen LogP contribution >= 0.6 is 0 Å². The molecular weight excluding hydrogens is 280 g/mol. The van der Waals surface area contributed by atoms with E-state index < -0.39 is 5.60 Å². The van der Waals surface area contributed by atoms with Crippen LogP contribution in [0.5, 0.6) is 0 Å². The number of nitrogen functional groups attached to an aromatic ring is 1. The maximum absolute atomic E-state index is 11.8. The van der Waals surface area contributed by atoms with Gasteiger partial charge in [-0.05, 0) is 57.9 Å². The number of hydrogen-bond acceptors (Lipinski definition) is 4. The highest BCUT2D eigenvalue weighted by Gasteiger charge is 2.15. The molecule has 1 rings (SSSR count). The highest BCUT2D eigenvalue weighted by molar-refractivity contribution is 5.94. The lowest BCUT2D eigenvalue weighted by Gasteiger charge is -2.19. The smallest absolute Gasteiger partial charge is 0.306 e. The number of carbonyl (C=O) groups excluding carboxylic acids is 2. The monoisotopic (exact) mass is 306 g/mol. The molecule has 0 aliphatic rings. The second kappa shape index (κ2) is 8.41. The van der Waals surface area contributed by atoms with Gasteiger partial charge in [-0.25, -0.2) is 0 Å². The number of nitrogens with one attached hydrogen (secondary N) is 1. The number of ether oxygens (including phenoxy) is 1. The minimum atomic E-state index is -0.426. The van der Waals surface area contributed by atoms with E-state index in [2.05, 4.69) is 5.32 Å². The Labute approximate surface area is 132 Å². The van der Waals surface area contributed by atoms with Crippen LogP contribution in [0.25, 0.3) is 0 Å². The molecule has 0 unspecified atom stereocenters. The molecule has 22 heavy (non-hydrogen) atoms. The number of unbranched alkanes of at least 4 members (excludes halogenated alkanes) is 2. The van der Waals surface area contributed by atoms with Gasteiger partial charge >= 0.3 is 5.97 Å².